The van der Waals surface area contributed by atoms with Crippen molar-refractivity contribution in [2.75, 3.05) is 40.4 Å². The van der Waals surface area contributed by atoms with E-state index < -0.39 is 0 Å². The average Bonchev–Trinajstić information content (AvgIpc) is 2.60. The van der Waals surface area contributed by atoms with E-state index in [9.17, 15) is 9.59 Å². The molecule has 1 aliphatic rings. The standard InChI is InChI=1S/C19H28N2O4/c1-19(2,3)18(23)21-10-8-20(9-11-21)17(22)12-14-6-7-15(24-4)13-16(14)25-5/h6-7,13H,8-12H2,1-5H3. The van der Waals surface area contributed by atoms with E-state index in [1.807, 2.05) is 42.7 Å². The molecule has 1 saturated heterocycles. The lowest BCUT2D eigenvalue weighted by molar-refractivity contribution is -0.144. The second-order valence-electron chi connectivity index (χ2n) is 7.28. The summed E-state index contributed by atoms with van der Waals surface area (Å²) in [5.74, 6) is 1.53. The summed E-state index contributed by atoms with van der Waals surface area (Å²) >= 11 is 0. The third-order valence-corrected chi connectivity index (χ3v) is 4.40. The van der Waals surface area contributed by atoms with Crippen LogP contribution in [0.2, 0.25) is 0 Å². The summed E-state index contributed by atoms with van der Waals surface area (Å²) in [6.45, 7) is 8.07. The number of carbonyl (C=O) groups is 2. The fourth-order valence-corrected chi connectivity index (χ4v) is 2.91. The number of hydrogen-bond donors (Lipinski definition) is 0. The highest BCUT2D eigenvalue weighted by Crippen LogP contribution is 2.25. The predicted molar refractivity (Wildman–Crippen MR) is 95.9 cm³/mol. The third kappa shape index (κ3) is 4.65. The maximum Gasteiger partial charge on any atom is 0.228 e. The zero-order valence-corrected chi connectivity index (χ0v) is 15.8. The van der Waals surface area contributed by atoms with Crippen LogP contribution in [0, 0.1) is 5.41 Å². The number of amides is 2. The molecule has 0 atom stereocenters. The van der Waals surface area contributed by atoms with Gasteiger partial charge in [-0.2, -0.15) is 0 Å². The smallest absolute Gasteiger partial charge is 0.228 e. The average molecular weight is 348 g/mol. The lowest BCUT2D eigenvalue weighted by Gasteiger charge is -2.37. The van der Waals surface area contributed by atoms with E-state index in [0.717, 1.165) is 5.56 Å². The van der Waals surface area contributed by atoms with Crippen molar-refractivity contribution in [2.24, 2.45) is 5.41 Å². The van der Waals surface area contributed by atoms with Crippen LogP contribution in [-0.4, -0.2) is 62.0 Å². The van der Waals surface area contributed by atoms with Crippen LogP contribution in [-0.2, 0) is 16.0 Å². The van der Waals surface area contributed by atoms with Crippen LogP contribution in [0.3, 0.4) is 0 Å². The zero-order chi connectivity index (χ0) is 18.6. The molecule has 1 aliphatic heterocycles. The fraction of sp³-hybridized carbons (Fsp3) is 0.579. The van der Waals surface area contributed by atoms with Crippen LogP contribution in [0.1, 0.15) is 26.3 Å². The Hall–Kier alpha value is -2.24. The number of hydrogen-bond acceptors (Lipinski definition) is 4. The van der Waals surface area contributed by atoms with Gasteiger partial charge in [0.1, 0.15) is 11.5 Å². The molecule has 1 heterocycles. The molecular formula is C19H28N2O4. The van der Waals surface area contributed by atoms with Gasteiger partial charge in [0.15, 0.2) is 0 Å². The molecule has 138 valence electrons. The molecule has 0 aliphatic carbocycles. The first-order valence-corrected chi connectivity index (χ1v) is 8.54. The summed E-state index contributed by atoms with van der Waals surface area (Å²) in [7, 11) is 3.18. The SMILES string of the molecule is COc1ccc(CC(=O)N2CCN(C(=O)C(C)(C)C)CC2)c(OC)c1. The van der Waals surface area contributed by atoms with Crippen molar-refractivity contribution in [1.82, 2.24) is 9.80 Å². The highest BCUT2D eigenvalue weighted by Gasteiger charge is 2.30. The van der Waals surface area contributed by atoms with Gasteiger partial charge in [-0.15, -0.1) is 0 Å². The first kappa shape index (κ1) is 19.1. The quantitative estimate of drug-likeness (QED) is 0.835. The fourth-order valence-electron chi connectivity index (χ4n) is 2.91. The second-order valence-corrected chi connectivity index (χ2v) is 7.28. The van der Waals surface area contributed by atoms with Crippen LogP contribution in [0.4, 0.5) is 0 Å². The van der Waals surface area contributed by atoms with Gasteiger partial charge in [-0.3, -0.25) is 9.59 Å². The molecule has 0 N–H and O–H groups in total. The highest BCUT2D eigenvalue weighted by atomic mass is 16.5. The predicted octanol–water partition coefficient (Wildman–Crippen LogP) is 1.96. The van der Waals surface area contributed by atoms with Gasteiger partial charge in [0, 0.05) is 43.2 Å². The van der Waals surface area contributed by atoms with Crippen LogP contribution in [0.5, 0.6) is 11.5 Å². The lowest BCUT2D eigenvalue weighted by atomic mass is 9.94. The molecule has 0 radical (unpaired) electrons. The Morgan fingerprint density at radius 1 is 1.00 bits per heavy atom. The molecule has 0 unspecified atom stereocenters. The van der Waals surface area contributed by atoms with Gasteiger partial charge < -0.3 is 19.3 Å². The van der Waals surface area contributed by atoms with Gasteiger partial charge in [-0.25, -0.2) is 0 Å². The maximum absolute atomic E-state index is 12.6. The third-order valence-electron chi connectivity index (χ3n) is 4.40. The van der Waals surface area contributed by atoms with Crippen LogP contribution < -0.4 is 9.47 Å². The molecule has 0 saturated carbocycles. The Morgan fingerprint density at radius 3 is 2.12 bits per heavy atom. The second kappa shape index (κ2) is 7.76. The van der Waals surface area contributed by atoms with Crippen molar-refractivity contribution in [3.8, 4) is 11.5 Å². The summed E-state index contributed by atoms with van der Waals surface area (Å²) in [6.07, 6.45) is 0.278. The minimum absolute atomic E-state index is 0.0475. The van der Waals surface area contributed by atoms with Crippen LogP contribution >= 0.6 is 0 Å². The minimum atomic E-state index is -0.386. The molecule has 1 aromatic rings. The number of nitrogens with zero attached hydrogens (tertiary/aromatic N) is 2. The summed E-state index contributed by atoms with van der Waals surface area (Å²) in [6, 6.07) is 5.46. The van der Waals surface area contributed by atoms with E-state index in [4.69, 9.17) is 9.47 Å². The molecule has 25 heavy (non-hydrogen) atoms. The van der Waals surface area contributed by atoms with E-state index in [1.54, 1.807) is 20.3 Å². The van der Waals surface area contributed by atoms with Crippen molar-refractivity contribution in [3.63, 3.8) is 0 Å². The van der Waals surface area contributed by atoms with E-state index in [1.165, 1.54) is 0 Å². The van der Waals surface area contributed by atoms with Gasteiger partial charge in [0.05, 0.1) is 20.6 Å². The Kier molecular flexibility index (Phi) is 5.93. The number of methoxy groups -OCH3 is 2. The van der Waals surface area contributed by atoms with Crippen molar-refractivity contribution in [2.45, 2.75) is 27.2 Å². The Balaban J connectivity index is 1.96. The van der Waals surface area contributed by atoms with E-state index in [2.05, 4.69) is 0 Å². The largest absolute Gasteiger partial charge is 0.497 e. The summed E-state index contributed by atoms with van der Waals surface area (Å²) < 4.78 is 10.5. The summed E-state index contributed by atoms with van der Waals surface area (Å²) in [5, 5.41) is 0. The maximum atomic E-state index is 12.6. The van der Waals surface area contributed by atoms with Crippen molar-refractivity contribution in [3.05, 3.63) is 23.8 Å². The molecule has 0 bridgehead atoms. The number of carbonyl (C=O) groups excluding carboxylic acids is 2. The van der Waals surface area contributed by atoms with Gasteiger partial charge >= 0.3 is 0 Å². The molecule has 2 rings (SSSR count). The number of rotatable bonds is 4. The van der Waals surface area contributed by atoms with Crippen LogP contribution in [0.25, 0.3) is 0 Å². The Morgan fingerprint density at radius 2 is 1.60 bits per heavy atom. The minimum Gasteiger partial charge on any atom is -0.497 e. The van der Waals surface area contributed by atoms with Crippen molar-refractivity contribution < 1.29 is 19.1 Å². The number of piperazine rings is 1. The molecule has 6 heteroatoms. The number of benzene rings is 1. The van der Waals surface area contributed by atoms with Gasteiger partial charge in [-0.05, 0) is 6.07 Å². The van der Waals surface area contributed by atoms with Crippen molar-refractivity contribution >= 4 is 11.8 Å². The molecule has 2 amide bonds. The summed E-state index contributed by atoms with van der Waals surface area (Å²) in [4.78, 5) is 28.6. The molecule has 6 nitrogen and oxygen atoms in total. The normalized spacial score (nSPS) is 15.1. The molecule has 1 fully saturated rings. The summed E-state index contributed by atoms with van der Waals surface area (Å²) in [5.41, 5.74) is 0.448. The van der Waals surface area contributed by atoms with Gasteiger partial charge in [0.25, 0.3) is 0 Å². The zero-order valence-electron chi connectivity index (χ0n) is 15.8. The Bertz CT molecular complexity index is 629. The lowest BCUT2D eigenvalue weighted by Crippen LogP contribution is -2.53. The van der Waals surface area contributed by atoms with Crippen molar-refractivity contribution in [1.29, 1.82) is 0 Å². The monoisotopic (exact) mass is 348 g/mol. The molecule has 0 spiro atoms. The topological polar surface area (TPSA) is 59.1 Å². The van der Waals surface area contributed by atoms with Gasteiger partial charge in [-0.1, -0.05) is 26.8 Å². The van der Waals surface area contributed by atoms with Crippen LogP contribution in [0.15, 0.2) is 18.2 Å². The molecular weight excluding hydrogens is 320 g/mol. The first-order chi connectivity index (χ1) is 11.8. The van der Waals surface area contributed by atoms with E-state index in [0.29, 0.717) is 37.7 Å². The number of ether oxygens (including phenoxy) is 2. The molecule has 0 aromatic heterocycles. The highest BCUT2D eigenvalue weighted by molar-refractivity contribution is 5.83. The Labute approximate surface area is 149 Å². The first-order valence-electron chi connectivity index (χ1n) is 8.54. The molecule has 1 aromatic carbocycles. The van der Waals surface area contributed by atoms with Gasteiger partial charge in [0.2, 0.25) is 11.8 Å². The van der Waals surface area contributed by atoms with E-state index in [-0.39, 0.29) is 23.7 Å². The van der Waals surface area contributed by atoms with E-state index >= 15 is 0 Å².